The molecule has 5 rings (SSSR count). The van der Waals surface area contributed by atoms with Crippen LogP contribution in [0.2, 0.25) is 0 Å². The zero-order valence-electron chi connectivity index (χ0n) is 16.6. The van der Waals surface area contributed by atoms with Crippen molar-refractivity contribution in [3.8, 4) is 11.5 Å². The Hall–Kier alpha value is -3.78. The number of hydrogen-bond acceptors (Lipinski definition) is 7. The van der Waals surface area contributed by atoms with Crippen molar-refractivity contribution in [3.63, 3.8) is 0 Å². The average molecular weight is 431 g/mol. The summed E-state index contributed by atoms with van der Waals surface area (Å²) < 4.78 is 12.6. The van der Waals surface area contributed by atoms with Gasteiger partial charge in [-0.05, 0) is 41.5 Å². The second-order valence-corrected chi connectivity index (χ2v) is 8.05. The summed E-state index contributed by atoms with van der Waals surface area (Å²) in [6.45, 7) is 0.367. The molecule has 0 atom stereocenters. The van der Waals surface area contributed by atoms with Gasteiger partial charge in [0.05, 0.1) is 11.6 Å². The van der Waals surface area contributed by atoms with Crippen LogP contribution >= 0.6 is 11.3 Å². The fourth-order valence-electron chi connectivity index (χ4n) is 3.37. The van der Waals surface area contributed by atoms with Gasteiger partial charge in [0.15, 0.2) is 0 Å². The summed E-state index contributed by atoms with van der Waals surface area (Å²) in [5.41, 5.74) is 2.19. The van der Waals surface area contributed by atoms with Crippen molar-refractivity contribution in [3.05, 3.63) is 96.2 Å². The first-order valence-electron chi connectivity index (χ1n) is 9.60. The molecule has 7 nitrogen and oxygen atoms in total. The highest BCUT2D eigenvalue weighted by Gasteiger charge is 2.14. The van der Waals surface area contributed by atoms with E-state index in [0.717, 1.165) is 39.5 Å². The molecule has 0 saturated carbocycles. The van der Waals surface area contributed by atoms with Crippen LogP contribution in [0.15, 0.2) is 63.7 Å². The van der Waals surface area contributed by atoms with Crippen LogP contribution in [0.1, 0.15) is 16.8 Å². The van der Waals surface area contributed by atoms with Crippen LogP contribution in [0, 0.1) is 0 Å². The van der Waals surface area contributed by atoms with Gasteiger partial charge in [-0.1, -0.05) is 41.7 Å². The molecule has 2 aromatic heterocycles. The zero-order chi connectivity index (χ0) is 21.4. The largest absolute Gasteiger partial charge is 0.497 e. The normalized spacial score (nSPS) is 13.6. The standard InChI is InChI=1S/C23H17N3O4S/c1-29-17-8-6-14(7-9-17)11-18-21(27)24-23-26(25-18)22(28)20(31-23)12-15-10-16-4-2-3-5-19(16)30-13-15/h2-10,12H,11,13H2,1H3/b20-12+. The number of ether oxygens (including phenoxy) is 2. The minimum Gasteiger partial charge on any atom is -0.497 e. The van der Waals surface area contributed by atoms with Crippen molar-refractivity contribution in [2.45, 2.75) is 6.42 Å². The van der Waals surface area contributed by atoms with Crippen LogP contribution in [-0.4, -0.2) is 28.3 Å². The second-order valence-electron chi connectivity index (χ2n) is 7.04. The molecule has 0 amide bonds. The summed E-state index contributed by atoms with van der Waals surface area (Å²) in [7, 11) is 1.59. The Bertz CT molecular complexity index is 1490. The maximum absolute atomic E-state index is 12.9. The third kappa shape index (κ3) is 3.73. The van der Waals surface area contributed by atoms with Gasteiger partial charge in [0.25, 0.3) is 11.1 Å². The van der Waals surface area contributed by atoms with Gasteiger partial charge in [0, 0.05) is 12.0 Å². The summed E-state index contributed by atoms with van der Waals surface area (Å²) >= 11 is 1.14. The maximum Gasteiger partial charge on any atom is 0.296 e. The number of nitrogens with zero attached hydrogens (tertiary/aromatic N) is 3. The van der Waals surface area contributed by atoms with Gasteiger partial charge in [-0.15, -0.1) is 0 Å². The summed E-state index contributed by atoms with van der Waals surface area (Å²) in [6.07, 6.45) is 4.04. The molecule has 154 valence electrons. The number of thiazole rings is 1. The van der Waals surface area contributed by atoms with Gasteiger partial charge in [0.2, 0.25) is 4.96 Å². The topological polar surface area (TPSA) is 82.8 Å². The maximum atomic E-state index is 12.9. The van der Waals surface area contributed by atoms with Crippen molar-refractivity contribution in [2.75, 3.05) is 13.7 Å². The molecule has 2 aromatic carbocycles. The third-order valence-electron chi connectivity index (χ3n) is 4.95. The minimum absolute atomic E-state index is 0.221. The van der Waals surface area contributed by atoms with Gasteiger partial charge in [0.1, 0.15) is 23.8 Å². The van der Waals surface area contributed by atoms with E-state index < -0.39 is 5.56 Å². The molecule has 0 unspecified atom stereocenters. The molecule has 0 aliphatic carbocycles. The Balaban J connectivity index is 1.53. The van der Waals surface area contributed by atoms with E-state index in [1.807, 2.05) is 54.6 Å². The molecular weight excluding hydrogens is 414 g/mol. The number of benzene rings is 2. The van der Waals surface area contributed by atoms with E-state index in [-0.39, 0.29) is 22.6 Å². The van der Waals surface area contributed by atoms with E-state index in [1.54, 1.807) is 13.2 Å². The molecule has 31 heavy (non-hydrogen) atoms. The van der Waals surface area contributed by atoms with E-state index in [1.165, 1.54) is 4.52 Å². The predicted molar refractivity (Wildman–Crippen MR) is 119 cm³/mol. The molecule has 0 bridgehead atoms. The number of fused-ring (bicyclic) bond motifs is 2. The van der Waals surface area contributed by atoms with Gasteiger partial charge < -0.3 is 9.47 Å². The lowest BCUT2D eigenvalue weighted by atomic mass is 10.1. The van der Waals surface area contributed by atoms with Gasteiger partial charge in [-0.3, -0.25) is 9.59 Å². The average Bonchev–Trinajstić information content (AvgIpc) is 3.08. The summed E-state index contributed by atoms with van der Waals surface area (Å²) in [4.78, 5) is 29.7. The summed E-state index contributed by atoms with van der Waals surface area (Å²) in [5, 5.41) is 4.30. The second kappa shape index (κ2) is 7.81. The minimum atomic E-state index is -0.433. The van der Waals surface area contributed by atoms with E-state index in [0.29, 0.717) is 11.1 Å². The Morgan fingerprint density at radius 3 is 2.77 bits per heavy atom. The Labute approximate surface area is 180 Å². The third-order valence-corrected chi connectivity index (χ3v) is 5.91. The number of methoxy groups -OCH3 is 1. The summed E-state index contributed by atoms with van der Waals surface area (Å²) in [6, 6.07) is 15.1. The molecule has 0 N–H and O–H groups in total. The molecule has 0 radical (unpaired) electrons. The van der Waals surface area contributed by atoms with Crippen molar-refractivity contribution >= 4 is 28.4 Å². The Morgan fingerprint density at radius 2 is 1.97 bits per heavy atom. The van der Waals surface area contributed by atoms with Crippen LogP contribution in [0.4, 0.5) is 0 Å². The first-order chi connectivity index (χ1) is 15.1. The molecular formula is C23H17N3O4S. The molecule has 1 aliphatic rings. The van der Waals surface area contributed by atoms with Gasteiger partial charge in [-0.2, -0.15) is 14.6 Å². The van der Waals surface area contributed by atoms with Crippen LogP contribution in [0.5, 0.6) is 11.5 Å². The quantitative estimate of drug-likeness (QED) is 0.492. The Morgan fingerprint density at radius 1 is 1.16 bits per heavy atom. The lowest BCUT2D eigenvalue weighted by Gasteiger charge is -2.15. The van der Waals surface area contributed by atoms with Crippen LogP contribution in [0.3, 0.4) is 0 Å². The van der Waals surface area contributed by atoms with Gasteiger partial charge in [-0.25, -0.2) is 0 Å². The fourth-order valence-corrected chi connectivity index (χ4v) is 4.29. The molecule has 3 heterocycles. The number of hydrogen-bond donors (Lipinski definition) is 0. The summed E-state index contributed by atoms with van der Waals surface area (Å²) in [5.74, 6) is 1.54. The SMILES string of the molecule is COc1ccc(Cc2nn3c(=O)/c(=C\C4=Cc5ccccc5OC4)sc3nc2=O)cc1. The highest BCUT2D eigenvalue weighted by molar-refractivity contribution is 7.15. The molecule has 0 spiro atoms. The number of aromatic nitrogens is 3. The lowest BCUT2D eigenvalue weighted by Crippen LogP contribution is -2.28. The van der Waals surface area contributed by atoms with Crippen molar-refractivity contribution in [2.24, 2.45) is 0 Å². The first kappa shape index (κ1) is 19.2. The van der Waals surface area contributed by atoms with E-state index in [2.05, 4.69) is 10.1 Å². The smallest absolute Gasteiger partial charge is 0.296 e. The van der Waals surface area contributed by atoms with E-state index in [9.17, 15) is 9.59 Å². The number of para-hydroxylation sites is 1. The molecule has 4 aromatic rings. The molecule has 1 aliphatic heterocycles. The van der Waals surface area contributed by atoms with Crippen LogP contribution in [0.25, 0.3) is 17.1 Å². The van der Waals surface area contributed by atoms with Gasteiger partial charge >= 0.3 is 0 Å². The predicted octanol–water partition coefficient (Wildman–Crippen LogP) is 2.09. The van der Waals surface area contributed by atoms with E-state index in [4.69, 9.17) is 9.47 Å². The van der Waals surface area contributed by atoms with E-state index >= 15 is 0 Å². The van der Waals surface area contributed by atoms with Crippen LogP contribution < -0.4 is 25.1 Å². The first-order valence-corrected chi connectivity index (χ1v) is 10.4. The highest BCUT2D eigenvalue weighted by Crippen LogP contribution is 2.26. The Kier molecular flexibility index (Phi) is 4.83. The van der Waals surface area contributed by atoms with Crippen molar-refractivity contribution < 1.29 is 9.47 Å². The molecule has 8 heteroatoms. The van der Waals surface area contributed by atoms with Crippen LogP contribution in [-0.2, 0) is 6.42 Å². The monoisotopic (exact) mass is 431 g/mol. The lowest BCUT2D eigenvalue weighted by molar-refractivity contribution is 0.352. The fraction of sp³-hybridized carbons (Fsp3) is 0.130. The highest BCUT2D eigenvalue weighted by atomic mass is 32.1. The van der Waals surface area contributed by atoms with Crippen molar-refractivity contribution in [1.82, 2.24) is 14.6 Å². The molecule has 0 saturated heterocycles. The van der Waals surface area contributed by atoms with Crippen molar-refractivity contribution in [1.29, 1.82) is 0 Å². The zero-order valence-corrected chi connectivity index (χ0v) is 17.4. The molecule has 0 fully saturated rings. The number of rotatable bonds is 4.